The van der Waals surface area contributed by atoms with Gasteiger partial charge >= 0.3 is 0 Å². The van der Waals surface area contributed by atoms with E-state index in [1.165, 1.54) is 6.07 Å². The summed E-state index contributed by atoms with van der Waals surface area (Å²) < 4.78 is 20.8. The molecule has 8 heteroatoms. The molecule has 0 atom stereocenters. The van der Waals surface area contributed by atoms with Crippen molar-refractivity contribution in [2.45, 2.75) is 13.8 Å². The second kappa shape index (κ2) is 7.16. The van der Waals surface area contributed by atoms with Crippen molar-refractivity contribution in [2.24, 2.45) is 0 Å². The van der Waals surface area contributed by atoms with Crippen molar-refractivity contribution in [3.63, 3.8) is 0 Å². The quantitative estimate of drug-likeness (QED) is 0.393. The van der Waals surface area contributed by atoms with Crippen LogP contribution in [-0.2, 0) is 4.79 Å². The number of nitrogens with one attached hydrogen (secondary N) is 3. The van der Waals surface area contributed by atoms with Crippen molar-refractivity contribution in [1.29, 1.82) is 0 Å². The van der Waals surface area contributed by atoms with Crippen molar-refractivity contribution in [3.05, 3.63) is 65.0 Å². The van der Waals surface area contributed by atoms with Crippen LogP contribution in [0.15, 0.2) is 36.8 Å². The first-order chi connectivity index (χ1) is 16.0. The number of carbonyl (C=O) groups is 1. The van der Waals surface area contributed by atoms with Gasteiger partial charge in [0.25, 0.3) is 5.91 Å². The largest absolute Gasteiger partial charge is 0.474 e. The maximum Gasteiger partial charge on any atom is 0.256 e. The minimum absolute atomic E-state index is 0.204. The molecule has 7 nitrogen and oxygen atoms in total. The predicted octanol–water partition coefficient (Wildman–Crippen LogP) is 4.68. The Morgan fingerprint density at radius 3 is 2.85 bits per heavy atom. The first kappa shape index (κ1) is 19.5. The van der Waals surface area contributed by atoms with E-state index in [9.17, 15) is 4.79 Å². The van der Waals surface area contributed by atoms with Gasteiger partial charge in [0.1, 0.15) is 18.1 Å². The molecule has 0 unspecified atom stereocenters. The second-order valence-electron chi connectivity index (χ2n) is 8.23. The number of benzene rings is 1. The van der Waals surface area contributed by atoms with E-state index < -0.39 is 5.82 Å². The zero-order valence-corrected chi connectivity index (χ0v) is 18.0. The van der Waals surface area contributed by atoms with E-state index in [2.05, 4.69) is 25.6 Å². The smallest absolute Gasteiger partial charge is 0.256 e. The molecule has 3 aromatic heterocycles. The topological polar surface area (TPSA) is 91.9 Å². The molecule has 0 bridgehead atoms. The maximum atomic E-state index is 15.2. The number of nitrogens with zero attached hydrogens (tertiary/aromatic N) is 2. The van der Waals surface area contributed by atoms with Gasteiger partial charge in [-0.25, -0.2) is 9.37 Å². The van der Waals surface area contributed by atoms with Crippen LogP contribution in [-0.4, -0.2) is 34.0 Å². The average molecular weight is 441 g/mol. The van der Waals surface area contributed by atoms with E-state index in [4.69, 9.17) is 4.74 Å². The lowest BCUT2D eigenvalue weighted by atomic mass is 9.90. The summed E-state index contributed by atoms with van der Waals surface area (Å²) in [7, 11) is 0. The van der Waals surface area contributed by atoms with E-state index in [0.29, 0.717) is 35.7 Å². The van der Waals surface area contributed by atoms with E-state index in [1.807, 2.05) is 26.0 Å². The number of aromatic nitrogens is 3. The Morgan fingerprint density at radius 1 is 1.12 bits per heavy atom. The SMILES string of the molecule is Cc1c(-c2cc(F)c3c(c2C)C(=Cc2cc4ccncc4[nH]2)C(=O)N3)cnc2c1NCCO2. The predicted molar refractivity (Wildman–Crippen MR) is 126 cm³/mol. The second-order valence-corrected chi connectivity index (χ2v) is 8.23. The first-order valence-corrected chi connectivity index (χ1v) is 10.7. The summed E-state index contributed by atoms with van der Waals surface area (Å²) in [5, 5.41) is 7.00. The number of amides is 1. The van der Waals surface area contributed by atoms with Gasteiger partial charge in [-0.05, 0) is 54.8 Å². The molecule has 0 saturated carbocycles. The molecule has 2 aliphatic rings. The number of fused-ring (bicyclic) bond motifs is 3. The average Bonchev–Trinajstić information content (AvgIpc) is 3.38. The van der Waals surface area contributed by atoms with Gasteiger partial charge < -0.3 is 20.4 Å². The van der Waals surface area contributed by atoms with Gasteiger partial charge in [-0.15, -0.1) is 0 Å². The van der Waals surface area contributed by atoms with Crippen LogP contribution in [0.5, 0.6) is 5.88 Å². The molecular weight excluding hydrogens is 421 g/mol. The summed E-state index contributed by atoms with van der Waals surface area (Å²) >= 11 is 0. The zero-order chi connectivity index (χ0) is 22.7. The number of pyridine rings is 2. The fraction of sp³-hybridized carbons (Fsp3) is 0.160. The Kier molecular flexibility index (Phi) is 4.23. The Bertz CT molecular complexity index is 1470. The molecule has 3 N–H and O–H groups in total. The molecule has 1 amide bonds. The third-order valence-electron chi connectivity index (χ3n) is 6.27. The Balaban J connectivity index is 1.53. The van der Waals surface area contributed by atoms with Gasteiger partial charge in [-0.1, -0.05) is 0 Å². The van der Waals surface area contributed by atoms with Crippen LogP contribution in [0.4, 0.5) is 15.8 Å². The summed E-state index contributed by atoms with van der Waals surface area (Å²) in [5.74, 6) is -0.270. The lowest BCUT2D eigenvalue weighted by molar-refractivity contribution is -0.110. The molecule has 0 fully saturated rings. The number of H-pyrrole nitrogens is 1. The van der Waals surface area contributed by atoms with Gasteiger partial charge in [0.15, 0.2) is 0 Å². The van der Waals surface area contributed by atoms with Crippen LogP contribution in [0.3, 0.4) is 0 Å². The van der Waals surface area contributed by atoms with Crippen LogP contribution in [0.25, 0.3) is 33.7 Å². The summed E-state index contributed by atoms with van der Waals surface area (Å²) in [6.45, 7) is 5.10. The highest BCUT2D eigenvalue weighted by atomic mass is 19.1. The molecule has 164 valence electrons. The molecule has 4 aromatic rings. The highest BCUT2D eigenvalue weighted by Gasteiger charge is 2.31. The molecule has 1 aromatic carbocycles. The molecule has 0 radical (unpaired) electrons. The normalized spacial score (nSPS) is 15.7. The number of carbonyl (C=O) groups excluding carboxylic acids is 1. The standard InChI is InChI=1S/C25H20FN5O2/c1-12-16(18-10-29-25-22(13(18)2)28-5-6-33-25)9-19(26)23-21(12)17(24(32)31-23)8-15-7-14-3-4-27-11-20(14)30-15/h3-4,7-11,28,30H,5-6H2,1-2H3,(H,31,32). The van der Waals surface area contributed by atoms with Crippen molar-refractivity contribution >= 4 is 39.8 Å². The van der Waals surface area contributed by atoms with E-state index in [0.717, 1.165) is 39.0 Å². The van der Waals surface area contributed by atoms with Gasteiger partial charge in [-0.3, -0.25) is 9.78 Å². The van der Waals surface area contributed by atoms with Crippen molar-refractivity contribution in [3.8, 4) is 17.0 Å². The first-order valence-electron chi connectivity index (χ1n) is 10.7. The maximum absolute atomic E-state index is 15.2. The number of anilines is 2. The van der Waals surface area contributed by atoms with Crippen LogP contribution >= 0.6 is 0 Å². The fourth-order valence-electron chi connectivity index (χ4n) is 4.64. The molecule has 6 rings (SSSR count). The number of rotatable bonds is 2. The van der Waals surface area contributed by atoms with Crippen molar-refractivity contribution < 1.29 is 13.9 Å². The zero-order valence-electron chi connectivity index (χ0n) is 18.0. The van der Waals surface area contributed by atoms with Gasteiger partial charge in [-0.2, -0.15) is 0 Å². The number of hydrogen-bond donors (Lipinski definition) is 3. The van der Waals surface area contributed by atoms with Crippen LogP contribution in [0, 0.1) is 19.7 Å². The molecule has 0 spiro atoms. The third kappa shape index (κ3) is 2.98. The minimum atomic E-state index is -0.482. The Hall–Kier alpha value is -4.20. The summed E-state index contributed by atoms with van der Waals surface area (Å²) in [6, 6.07) is 5.29. The Labute approximate surface area is 188 Å². The van der Waals surface area contributed by atoms with Crippen molar-refractivity contribution in [1.82, 2.24) is 15.0 Å². The molecule has 33 heavy (non-hydrogen) atoms. The van der Waals surface area contributed by atoms with E-state index in [-0.39, 0.29) is 11.6 Å². The molecule has 5 heterocycles. The molecule has 0 aliphatic carbocycles. The molecular formula is C25H20FN5O2. The number of aromatic amines is 1. The third-order valence-corrected chi connectivity index (χ3v) is 6.27. The van der Waals surface area contributed by atoms with Gasteiger partial charge in [0, 0.05) is 41.1 Å². The molecule has 0 saturated heterocycles. The summed E-state index contributed by atoms with van der Waals surface area (Å²) in [6.07, 6.45) is 6.90. The summed E-state index contributed by atoms with van der Waals surface area (Å²) in [5.41, 5.74) is 6.81. The number of hydrogen-bond acceptors (Lipinski definition) is 5. The van der Waals surface area contributed by atoms with Gasteiger partial charge in [0.05, 0.1) is 23.0 Å². The highest BCUT2D eigenvalue weighted by molar-refractivity contribution is 6.35. The lowest BCUT2D eigenvalue weighted by Gasteiger charge is -2.22. The number of ether oxygens (including phenoxy) is 1. The summed E-state index contributed by atoms with van der Waals surface area (Å²) in [4.78, 5) is 24.7. The fourth-order valence-corrected chi connectivity index (χ4v) is 4.64. The number of halogens is 1. The van der Waals surface area contributed by atoms with Crippen LogP contribution in [0.1, 0.15) is 22.4 Å². The van der Waals surface area contributed by atoms with E-state index in [1.54, 1.807) is 24.7 Å². The van der Waals surface area contributed by atoms with Crippen LogP contribution in [0.2, 0.25) is 0 Å². The minimum Gasteiger partial charge on any atom is -0.474 e. The highest BCUT2D eigenvalue weighted by Crippen LogP contribution is 2.44. The Morgan fingerprint density at radius 2 is 2.00 bits per heavy atom. The van der Waals surface area contributed by atoms with Crippen LogP contribution < -0.4 is 15.4 Å². The van der Waals surface area contributed by atoms with Crippen molar-refractivity contribution in [2.75, 3.05) is 23.8 Å². The lowest BCUT2D eigenvalue weighted by Crippen LogP contribution is -2.20. The molecule has 2 aliphatic heterocycles. The van der Waals surface area contributed by atoms with Gasteiger partial charge in [0.2, 0.25) is 5.88 Å². The monoisotopic (exact) mass is 441 g/mol. The van der Waals surface area contributed by atoms with E-state index >= 15 is 4.39 Å².